The molecule has 3 fully saturated rings. The zero-order valence-electron chi connectivity index (χ0n) is 16.5. The van der Waals surface area contributed by atoms with Gasteiger partial charge in [0.05, 0.1) is 6.10 Å². The minimum atomic E-state index is -5.84. The van der Waals surface area contributed by atoms with Crippen LogP contribution in [0.4, 0.5) is 31.1 Å². The van der Waals surface area contributed by atoms with E-state index in [1.54, 1.807) is 0 Å². The van der Waals surface area contributed by atoms with Crippen molar-refractivity contribution in [3.63, 3.8) is 0 Å². The summed E-state index contributed by atoms with van der Waals surface area (Å²) in [6, 6.07) is 0. The highest BCUT2D eigenvalue weighted by molar-refractivity contribution is 5.61. The molecule has 10 heteroatoms. The number of alkyl halides is 6. The molecule has 168 valence electrons. The zero-order valence-corrected chi connectivity index (χ0v) is 16.5. The standard InChI is InChI=1S/C19H26F6O4/c1-16(2,3)28-15(26)29-17(18(20,21)22,19(23,24)25)9-11-7-10-8-13(11)14-12(10)5-4-6-27-14/h10-14H,4-9H2,1-3H3. The van der Waals surface area contributed by atoms with Crippen LogP contribution in [0, 0.1) is 23.7 Å². The molecular weight excluding hydrogens is 406 g/mol. The molecule has 29 heavy (non-hydrogen) atoms. The molecule has 1 heterocycles. The third-order valence-corrected chi connectivity index (χ3v) is 6.34. The zero-order chi connectivity index (χ0) is 21.8. The van der Waals surface area contributed by atoms with Gasteiger partial charge in [-0.1, -0.05) is 0 Å². The van der Waals surface area contributed by atoms with E-state index in [4.69, 9.17) is 4.74 Å². The van der Waals surface area contributed by atoms with Crippen molar-refractivity contribution in [3.05, 3.63) is 0 Å². The lowest BCUT2D eigenvalue weighted by molar-refractivity contribution is -0.375. The number of carbonyl (C=O) groups excluding carboxylic acids is 1. The largest absolute Gasteiger partial charge is 0.510 e. The minimum Gasteiger partial charge on any atom is -0.429 e. The Morgan fingerprint density at radius 3 is 2.14 bits per heavy atom. The van der Waals surface area contributed by atoms with Crippen molar-refractivity contribution < 1.29 is 45.3 Å². The lowest BCUT2D eigenvalue weighted by Crippen LogP contribution is -2.61. The van der Waals surface area contributed by atoms with E-state index in [1.807, 2.05) is 0 Å². The van der Waals surface area contributed by atoms with E-state index >= 15 is 0 Å². The van der Waals surface area contributed by atoms with Gasteiger partial charge in [-0.3, -0.25) is 0 Å². The van der Waals surface area contributed by atoms with Gasteiger partial charge in [0.15, 0.2) is 0 Å². The van der Waals surface area contributed by atoms with Gasteiger partial charge in [0.25, 0.3) is 0 Å². The number of hydrogen-bond donors (Lipinski definition) is 0. The molecule has 3 rings (SSSR count). The van der Waals surface area contributed by atoms with Crippen LogP contribution in [0.2, 0.25) is 0 Å². The number of fused-ring (bicyclic) bond motifs is 5. The highest BCUT2D eigenvalue weighted by Gasteiger charge is 2.76. The first-order chi connectivity index (χ1) is 13.1. The van der Waals surface area contributed by atoms with Crippen LogP contribution in [-0.4, -0.2) is 42.4 Å². The molecule has 5 atom stereocenters. The van der Waals surface area contributed by atoms with Gasteiger partial charge >= 0.3 is 24.1 Å². The summed E-state index contributed by atoms with van der Waals surface area (Å²) in [4.78, 5) is 11.9. The molecule has 2 saturated carbocycles. The lowest BCUT2D eigenvalue weighted by Gasteiger charge is -2.43. The van der Waals surface area contributed by atoms with Gasteiger partial charge < -0.3 is 14.2 Å². The van der Waals surface area contributed by atoms with E-state index in [1.165, 1.54) is 20.8 Å². The van der Waals surface area contributed by atoms with Crippen molar-refractivity contribution in [2.45, 2.75) is 82.5 Å². The predicted molar refractivity (Wildman–Crippen MR) is 88.9 cm³/mol. The average Bonchev–Trinajstić information content (AvgIpc) is 3.09. The van der Waals surface area contributed by atoms with Gasteiger partial charge in [-0.05, 0) is 70.1 Å². The SMILES string of the molecule is CC(C)(C)OC(=O)OC(CC1CC2CC1C1OCCCC21)(C(F)(F)F)C(F)(F)F. The minimum absolute atomic E-state index is 0.0518. The van der Waals surface area contributed by atoms with Crippen molar-refractivity contribution in [3.8, 4) is 0 Å². The van der Waals surface area contributed by atoms with Crippen LogP contribution in [0.1, 0.15) is 52.9 Å². The summed E-state index contributed by atoms with van der Waals surface area (Å²) < 4.78 is 97.3. The third-order valence-electron chi connectivity index (χ3n) is 6.34. The fourth-order valence-electron chi connectivity index (χ4n) is 5.29. The smallest absolute Gasteiger partial charge is 0.429 e. The predicted octanol–water partition coefficient (Wildman–Crippen LogP) is 5.64. The fourth-order valence-corrected chi connectivity index (χ4v) is 5.29. The first-order valence-electron chi connectivity index (χ1n) is 9.82. The quantitative estimate of drug-likeness (QED) is 0.428. The third kappa shape index (κ3) is 4.18. The molecule has 1 saturated heterocycles. The van der Waals surface area contributed by atoms with Crippen LogP contribution in [-0.2, 0) is 14.2 Å². The van der Waals surface area contributed by atoms with Crippen LogP contribution in [0.25, 0.3) is 0 Å². The molecule has 2 bridgehead atoms. The number of carbonyl (C=O) groups is 1. The van der Waals surface area contributed by atoms with Gasteiger partial charge in [0, 0.05) is 13.0 Å². The van der Waals surface area contributed by atoms with E-state index in [2.05, 4.69) is 9.47 Å². The summed E-state index contributed by atoms with van der Waals surface area (Å²) in [5.74, 6) is -1.04. The van der Waals surface area contributed by atoms with Crippen LogP contribution in [0.5, 0.6) is 0 Å². The molecular formula is C19H26F6O4. The summed E-state index contributed by atoms with van der Waals surface area (Å²) >= 11 is 0. The van der Waals surface area contributed by atoms with Gasteiger partial charge in [-0.2, -0.15) is 26.3 Å². The average molecular weight is 432 g/mol. The van der Waals surface area contributed by atoms with Crippen LogP contribution < -0.4 is 0 Å². The van der Waals surface area contributed by atoms with Gasteiger partial charge in [0.1, 0.15) is 5.60 Å². The first-order valence-corrected chi connectivity index (χ1v) is 9.82. The Morgan fingerprint density at radius 2 is 1.59 bits per heavy atom. The second-order valence-electron chi connectivity index (χ2n) is 9.39. The topological polar surface area (TPSA) is 44.8 Å². The monoisotopic (exact) mass is 432 g/mol. The Morgan fingerprint density at radius 1 is 0.966 bits per heavy atom. The summed E-state index contributed by atoms with van der Waals surface area (Å²) in [5.41, 5.74) is -5.91. The molecule has 3 aliphatic rings. The Bertz CT molecular complexity index is 610. The number of rotatable bonds is 3. The molecule has 0 aromatic rings. The molecule has 0 radical (unpaired) electrons. The van der Waals surface area contributed by atoms with Crippen molar-refractivity contribution in [2.75, 3.05) is 6.61 Å². The van der Waals surface area contributed by atoms with E-state index in [-0.39, 0.29) is 24.4 Å². The maximum Gasteiger partial charge on any atom is 0.510 e. The summed E-state index contributed by atoms with van der Waals surface area (Å²) in [6.07, 6.45) is -12.8. The molecule has 0 aromatic carbocycles. The first kappa shape index (κ1) is 22.5. The number of halogens is 6. The fraction of sp³-hybridized carbons (Fsp3) is 0.947. The van der Waals surface area contributed by atoms with E-state index in [0.29, 0.717) is 13.0 Å². The number of ether oxygens (including phenoxy) is 3. The second kappa shape index (κ2) is 7.20. The van der Waals surface area contributed by atoms with Gasteiger partial charge in [0.2, 0.25) is 0 Å². The Hall–Kier alpha value is -1.19. The molecule has 0 aromatic heterocycles. The molecule has 1 aliphatic heterocycles. The maximum atomic E-state index is 13.8. The Kier molecular flexibility index (Phi) is 5.58. The normalized spacial score (nSPS) is 32.8. The van der Waals surface area contributed by atoms with E-state index in [0.717, 1.165) is 12.8 Å². The molecule has 0 amide bonds. The summed E-state index contributed by atoms with van der Waals surface area (Å²) in [7, 11) is 0. The van der Waals surface area contributed by atoms with Crippen LogP contribution >= 0.6 is 0 Å². The van der Waals surface area contributed by atoms with Gasteiger partial charge in [-0.15, -0.1) is 0 Å². The van der Waals surface area contributed by atoms with Crippen LogP contribution in [0.3, 0.4) is 0 Å². The molecule has 0 N–H and O–H groups in total. The van der Waals surface area contributed by atoms with E-state index in [9.17, 15) is 31.1 Å². The lowest BCUT2D eigenvalue weighted by atomic mass is 9.72. The molecule has 4 nitrogen and oxygen atoms in total. The summed E-state index contributed by atoms with van der Waals surface area (Å²) in [5, 5.41) is 0. The van der Waals surface area contributed by atoms with Crippen molar-refractivity contribution >= 4 is 6.16 Å². The summed E-state index contributed by atoms with van der Waals surface area (Å²) in [6.45, 7) is 4.45. The van der Waals surface area contributed by atoms with Crippen LogP contribution in [0.15, 0.2) is 0 Å². The molecule has 5 unspecified atom stereocenters. The molecule has 2 aliphatic carbocycles. The molecule has 0 spiro atoms. The highest BCUT2D eigenvalue weighted by Crippen LogP contribution is 2.60. The Balaban J connectivity index is 1.87. The second-order valence-corrected chi connectivity index (χ2v) is 9.39. The maximum absolute atomic E-state index is 13.8. The van der Waals surface area contributed by atoms with E-state index < -0.39 is 48.0 Å². The van der Waals surface area contributed by atoms with Crippen molar-refractivity contribution in [1.29, 1.82) is 0 Å². The van der Waals surface area contributed by atoms with Crippen molar-refractivity contribution in [2.24, 2.45) is 23.7 Å². The van der Waals surface area contributed by atoms with Crippen molar-refractivity contribution in [1.82, 2.24) is 0 Å². The number of hydrogen-bond acceptors (Lipinski definition) is 4. The highest BCUT2D eigenvalue weighted by atomic mass is 19.4. The Labute approximate surface area is 165 Å². The van der Waals surface area contributed by atoms with Gasteiger partial charge in [-0.25, -0.2) is 4.79 Å².